The minimum atomic E-state index is -3.30. The van der Waals surface area contributed by atoms with Gasteiger partial charge in [-0.3, -0.25) is 0 Å². The third-order valence-corrected chi connectivity index (χ3v) is 5.63. The molecule has 23 heavy (non-hydrogen) atoms. The van der Waals surface area contributed by atoms with Gasteiger partial charge in [0.2, 0.25) is 0 Å². The largest absolute Gasteiger partial charge is 0.476 e. The van der Waals surface area contributed by atoms with E-state index >= 15 is 0 Å². The van der Waals surface area contributed by atoms with Gasteiger partial charge in [0.15, 0.2) is 15.5 Å². The second-order valence-corrected chi connectivity index (χ2v) is 7.61. The molecule has 0 unspecified atom stereocenters. The summed E-state index contributed by atoms with van der Waals surface area (Å²) in [5, 5.41) is 12.6. The van der Waals surface area contributed by atoms with Crippen LogP contribution in [0.5, 0.6) is 0 Å². The molecule has 7 nitrogen and oxygen atoms in total. The Bertz CT molecular complexity index is 691. The molecule has 1 saturated carbocycles. The lowest BCUT2D eigenvalue weighted by Crippen LogP contribution is -2.18. The highest BCUT2D eigenvalue weighted by Crippen LogP contribution is 2.33. The van der Waals surface area contributed by atoms with Crippen LogP contribution in [-0.4, -0.2) is 50.3 Å². The average Bonchev–Trinajstić information content (AvgIpc) is 3.33. The van der Waals surface area contributed by atoms with E-state index in [1.807, 2.05) is 0 Å². The lowest BCUT2D eigenvalue weighted by Gasteiger charge is -2.09. The number of ether oxygens (including phenoxy) is 1. The Hall–Kier alpha value is -1.93. The first-order valence-corrected chi connectivity index (χ1v) is 8.71. The maximum absolute atomic E-state index is 12.1. The molecule has 0 radical (unpaired) electrons. The van der Waals surface area contributed by atoms with Crippen molar-refractivity contribution in [1.29, 1.82) is 0 Å². The zero-order chi connectivity index (χ0) is 17.0. The smallest absolute Gasteiger partial charge is 0.358 e. The predicted molar refractivity (Wildman–Crippen MR) is 83.2 cm³/mol. The van der Waals surface area contributed by atoms with Crippen LogP contribution < -0.4 is 0 Å². The van der Waals surface area contributed by atoms with Crippen LogP contribution in [0.3, 0.4) is 0 Å². The summed E-state index contributed by atoms with van der Waals surface area (Å²) in [6, 6.07) is 5.65. The molecule has 0 aromatic heterocycles. The molecular weight excluding hydrogens is 322 g/mol. The van der Waals surface area contributed by atoms with E-state index in [1.165, 1.54) is 31.4 Å². The highest BCUT2D eigenvalue weighted by Gasteiger charge is 2.36. The van der Waals surface area contributed by atoms with Crippen molar-refractivity contribution in [3.8, 4) is 0 Å². The number of carboxylic acid groups (broad SMARTS) is 1. The van der Waals surface area contributed by atoms with Gasteiger partial charge in [0.05, 0.1) is 16.8 Å². The number of oxime groups is 1. The van der Waals surface area contributed by atoms with Crippen LogP contribution in [0.15, 0.2) is 34.3 Å². The van der Waals surface area contributed by atoms with E-state index in [9.17, 15) is 18.3 Å². The summed E-state index contributed by atoms with van der Waals surface area (Å²) in [6.45, 7) is 1.97. The first kappa shape index (κ1) is 17.4. The molecule has 1 atom stereocenters. The van der Waals surface area contributed by atoms with Crippen molar-refractivity contribution in [1.82, 2.24) is 0 Å². The van der Waals surface area contributed by atoms with Crippen molar-refractivity contribution in [3.05, 3.63) is 29.8 Å². The van der Waals surface area contributed by atoms with Crippen molar-refractivity contribution >= 4 is 21.5 Å². The standard InChI is InChI=1S/C15H19NO6S/c1-10(9-21-2)22-16-14(15(17)18)11-3-5-12(6-4-11)23(19,20)13-7-8-13/h3-6,10,13H,7-9H2,1-2H3,(H,17,18)/t10-/m1/s1. The second-order valence-electron chi connectivity index (χ2n) is 5.39. The summed E-state index contributed by atoms with van der Waals surface area (Å²) in [5.74, 6) is -1.26. The first-order valence-electron chi connectivity index (χ1n) is 7.16. The summed E-state index contributed by atoms with van der Waals surface area (Å²) in [5.41, 5.74) is -0.0137. The van der Waals surface area contributed by atoms with Crippen molar-refractivity contribution in [2.75, 3.05) is 13.7 Å². The van der Waals surface area contributed by atoms with E-state index in [0.717, 1.165) is 0 Å². The number of methoxy groups -OCH3 is 1. The van der Waals surface area contributed by atoms with Gasteiger partial charge in [-0.05, 0) is 31.9 Å². The van der Waals surface area contributed by atoms with Gasteiger partial charge in [0.1, 0.15) is 6.10 Å². The number of benzene rings is 1. The topological polar surface area (TPSA) is 102 Å². The number of carbonyl (C=O) groups is 1. The van der Waals surface area contributed by atoms with E-state index < -0.39 is 21.9 Å². The number of hydrogen-bond donors (Lipinski definition) is 1. The Labute approximate surface area is 134 Å². The molecule has 126 valence electrons. The minimum Gasteiger partial charge on any atom is -0.476 e. The van der Waals surface area contributed by atoms with Crippen LogP contribution in [0.2, 0.25) is 0 Å². The lowest BCUT2D eigenvalue weighted by atomic mass is 10.1. The van der Waals surface area contributed by atoms with Gasteiger partial charge in [-0.25, -0.2) is 13.2 Å². The van der Waals surface area contributed by atoms with Gasteiger partial charge in [0, 0.05) is 12.7 Å². The Kier molecular flexibility index (Phi) is 5.38. The molecule has 2 rings (SSSR count). The molecule has 0 aliphatic heterocycles. The molecule has 1 aromatic rings. The van der Waals surface area contributed by atoms with Gasteiger partial charge in [-0.15, -0.1) is 0 Å². The summed E-state index contributed by atoms with van der Waals surface area (Å²) < 4.78 is 29.1. The number of carboxylic acids is 1. The second kappa shape index (κ2) is 7.10. The Morgan fingerprint density at radius 2 is 1.96 bits per heavy atom. The van der Waals surface area contributed by atoms with Gasteiger partial charge in [-0.1, -0.05) is 17.3 Å². The molecule has 1 N–H and O–H groups in total. The van der Waals surface area contributed by atoms with Crippen LogP contribution in [0.25, 0.3) is 0 Å². The molecule has 0 spiro atoms. The SMILES string of the molecule is COC[C@@H](C)ON=C(C(=O)O)c1ccc(S(=O)(=O)C2CC2)cc1. The Morgan fingerprint density at radius 3 is 2.43 bits per heavy atom. The fraction of sp³-hybridized carbons (Fsp3) is 0.467. The molecule has 0 heterocycles. The highest BCUT2D eigenvalue weighted by molar-refractivity contribution is 7.92. The van der Waals surface area contributed by atoms with Crippen LogP contribution in [0, 0.1) is 0 Å². The first-order chi connectivity index (χ1) is 10.9. The minimum absolute atomic E-state index is 0.196. The molecule has 0 saturated heterocycles. The summed E-state index contributed by atoms with van der Waals surface area (Å²) in [4.78, 5) is 16.6. The average molecular weight is 341 g/mol. The molecule has 1 aliphatic rings. The monoisotopic (exact) mass is 341 g/mol. The van der Waals surface area contributed by atoms with Gasteiger partial charge in [-0.2, -0.15) is 0 Å². The maximum atomic E-state index is 12.1. The van der Waals surface area contributed by atoms with Crippen molar-refractivity contribution < 1.29 is 27.9 Å². The van der Waals surface area contributed by atoms with Gasteiger partial charge >= 0.3 is 5.97 Å². The van der Waals surface area contributed by atoms with E-state index in [-0.39, 0.29) is 28.0 Å². The fourth-order valence-corrected chi connectivity index (χ4v) is 3.65. The highest BCUT2D eigenvalue weighted by atomic mass is 32.2. The molecule has 0 amide bonds. The third kappa shape index (κ3) is 4.29. The number of hydrogen-bond acceptors (Lipinski definition) is 6. The summed E-state index contributed by atoms with van der Waals surface area (Å²) in [6.07, 6.45) is 0.956. The van der Waals surface area contributed by atoms with Crippen LogP contribution in [0.4, 0.5) is 0 Å². The molecule has 8 heteroatoms. The molecule has 1 aliphatic carbocycles. The molecule has 1 aromatic carbocycles. The fourth-order valence-electron chi connectivity index (χ4n) is 2.00. The van der Waals surface area contributed by atoms with E-state index in [0.29, 0.717) is 12.8 Å². The van der Waals surface area contributed by atoms with Gasteiger partial charge in [0.25, 0.3) is 0 Å². The van der Waals surface area contributed by atoms with Crippen LogP contribution in [-0.2, 0) is 24.2 Å². The van der Waals surface area contributed by atoms with Crippen molar-refractivity contribution in [2.24, 2.45) is 5.16 Å². The summed E-state index contributed by atoms with van der Waals surface area (Å²) in [7, 11) is -1.80. The normalized spacial score (nSPS) is 16.9. The van der Waals surface area contributed by atoms with Gasteiger partial charge < -0.3 is 14.7 Å². The van der Waals surface area contributed by atoms with E-state index in [2.05, 4.69) is 5.16 Å². The van der Waals surface area contributed by atoms with Crippen LogP contribution in [0.1, 0.15) is 25.3 Å². The zero-order valence-electron chi connectivity index (χ0n) is 12.9. The third-order valence-electron chi connectivity index (χ3n) is 3.35. The quantitative estimate of drug-likeness (QED) is 0.567. The zero-order valence-corrected chi connectivity index (χ0v) is 13.7. The van der Waals surface area contributed by atoms with E-state index in [4.69, 9.17) is 9.57 Å². The summed E-state index contributed by atoms with van der Waals surface area (Å²) >= 11 is 0. The van der Waals surface area contributed by atoms with Crippen molar-refractivity contribution in [2.45, 2.75) is 36.0 Å². The maximum Gasteiger partial charge on any atom is 0.358 e. The Morgan fingerprint density at radius 1 is 1.35 bits per heavy atom. The van der Waals surface area contributed by atoms with Crippen molar-refractivity contribution in [3.63, 3.8) is 0 Å². The molecular formula is C15H19NO6S. The Balaban J connectivity index is 2.20. The predicted octanol–water partition coefficient (Wildman–Crippen LogP) is 1.46. The lowest BCUT2D eigenvalue weighted by molar-refractivity contribution is -0.129. The number of rotatable bonds is 8. The molecule has 1 fully saturated rings. The van der Waals surface area contributed by atoms with E-state index in [1.54, 1.807) is 6.92 Å². The molecule has 0 bridgehead atoms. The number of nitrogens with zero attached hydrogens (tertiary/aromatic N) is 1. The number of sulfone groups is 1. The van der Waals surface area contributed by atoms with Crippen LogP contribution >= 0.6 is 0 Å². The number of aliphatic carboxylic acids is 1.